The number of carbonyl (C=O) groups excluding carboxylic acids is 2. The van der Waals surface area contributed by atoms with E-state index in [0.717, 1.165) is 8.66 Å². The molecule has 0 radical (unpaired) electrons. The Morgan fingerprint density at radius 2 is 2.00 bits per heavy atom. The molecular formula is C14H10BrN3O3S2. The number of hydrogen-bond donors (Lipinski definition) is 2. The normalized spacial score (nSPS) is 10.5. The van der Waals surface area contributed by atoms with Gasteiger partial charge in [0.25, 0.3) is 11.8 Å². The molecule has 2 amide bonds. The molecule has 0 aliphatic carbocycles. The molecule has 0 unspecified atom stereocenters. The average molecular weight is 412 g/mol. The molecule has 9 heteroatoms. The third kappa shape index (κ3) is 3.52. The largest absolute Gasteiger partial charge is 0.440 e. The number of carbonyl (C=O) groups is 2. The number of amides is 2. The van der Waals surface area contributed by atoms with Crippen molar-refractivity contribution in [2.75, 3.05) is 0 Å². The molecule has 3 rings (SSSR count). The van der Waals surface area contributed by atoms with Gasteiger partial charge in [0.1, 0.15) is 5.76 Å². The molecule has 0 saturated heterocycles. The maximum Gasteiger partial charge on any atom is 0.291 e. The molecule has 0 atom stereocenters. The quantitative estimate of drug-likeness (QED) is 0.644. The van der Waals surface area contributed by atoms with Gasteiger partial charge < -0.3 is 4.42 Å². The summed E-state index contributed by atoms with van der Waals surface area (Å²) >= 11 is 6.01. The molecule has 0 aromatic carbocycles. The topological polar surface area (TPSA) is 84.2 Å². The van der Waals surface area contributed by atoms with E-state index in [1.807, 2.05) is 17.5 Å². The van der Waals surface area contributed by atoms with Crippen LogP contribution in [-0.4, -0.2) is 16.8 Å². The lowest BCUT2D eigenvalue weighted by atomic mass is 10.3. The summed E-state index contributed by atoms with van der Waals surface area (Å²) in [4.78, 5) is 29.5. The molecule has 3 aromatic rings. The van der Waals surface area contributed by atoms with Crippen LogP contribution in [0.4, 0.5) is 0 Å². The standard InChI is InChI=1S/C14H10BrN3O3S2/c1-7-11(16-14(21-7)9-3-2-6-22-9)13(20)18-17-12(19)8-4-5-10(15)23-8/h2-6H,1H3,(H,17,19)(H,18,20). The first-order valence-electron chi connectivity index (χ1n) is 6.42. The molecule has 2 N–H and O–H groups in total. The number of thiophene rings is 2. The minimum Gasteiger partial charge on any atom is -0.440 e. The van der Waals surface area contributed by atoms with Crippen molar-refractivity contribution in [3.05, 3.63) is 49.8 Å². The summed E-state index contributed by atoms with van der Waals surface area (Å²) in [7, 11) is 0. The zero-order chi connectivity index (χ0) is 16.4. The average Bonchev–Trinajstić information content (AvgIpc) is 3.24. The summed E-state index contributed by atoms with van der Waals surface area (Å²) in [6.07, 6.45) is 0. The van der Waals surface area contributed by atoms with E-state index in [-0.39, 0.29) is 5.69 Å². The molecule has 23 heavy (non-hydrogen) atoms. The Labute approximate surface area is 147 Å². The Kier molecular flexibility index (Phi) is 4.60. The first-order chi connectivity index (χ1) is 11.0. The van der Waals surface area contributed by atoms with E-state index < -0.39 is 11.8 Å². The molecule has 0 bridgehead atoms. The number of rotatable bonds is 3. The first-order valence-corrected chi connectivity index (χ1v) is 8.91. The molecule has 3 heterocycles. The van der Waals surface area contributed by atoms with Gasteiger partial charge in [-0.2, -0.15) is 0 Å². The van der Waals surface area contributed by atoms with E-state index in [1.165, 1.54) is 22.7 Å². The summed E-state index contributed by atoms with van der Waals surface area (Å²) < 4.78 is 6.33. The smallest absolute Gasteiger partial charge is 0.291 e. The summed E-state index contributed by atoms with van der Waals surface area (Å²) in [5.41, 5.74) is 4.83. The third-order valence-electron chi connectivity index (χ3n) is 2.83. The summed E-state index contributed by atoms with van der Waals surface area (Å²) in [5.74, 6) is -0.151. The van der Waals surface area contributed by atoms with Crippen LogP contribution in [0.5, 0.6) is 0 Å². The van der Waals surface area contributed by atoms with Gasteiger partial charge in [-0.1, -0.05) is 6.07 Å². The monoisotopic (exact) mass is 411 g/mol. The molecule has 0 aliphatic heterocycles. The van der Waals surface area contributed by atoms with E-state index >= 15 is 0 Å². The highest BCUT2D eigenvalue weighted by Crippen LogP contribution is 2.26. The SMILES string of the molecule is Cc1oc(-c2cccs2)nc1C(=O)NNC(=O)c1ccc(Br)s1. The molecular weight excluding hydrogens is 402 g/mol. The maximum atomic E-state index is 12.1. The van der Waals surface area contributed by atoms with Crippen molar-refractivity contribution in [3.8, 4) is 10.8 Å². The molecule has 3 aromatic heterocycles. The van der Waals surface area contributed by atoms with Gasteiger partial charge in [-0.15, -0.1) is 22.7 Å². The second-order valence-electron chi connectivity index (χ2n) is 4.41. The van der Waals surface area contributed by atoms with Crippen LogP contribution < -0.4 is 10.9 Å². The number of aryl methyl sites for hydroxylation is 1. The van der Waals surface area contributed by atoms with E-state index in [2.05, 4.69) is 31.8 Å². The van der Waals surface area contributed by atoms with Crippen LogP contribution in [0.2, 0.25) is 0 Å². The number of hydrazine groups is 1. The Morgan fingerprint density at radius 3 is 2.65 bits per heavy atom. The lowest BCUT2D eigenvalue weighted by Gasteiger charge is -2.04. The van der Waals surface area contributed by atoms with E-state index in [4.69, 9.17) is 4.42 Å². The second-order valence-corrected chi connectivity index (χ2v) is 7.82. The van der Waals surface area contributed by atoms with E-state index in [1.54, 1.807) is 19.1 Å². The van der Waals surface area contributed by atoms with Crippen LogP contribution in [0.1, 0.15) is 25.9 Å². The predicted molar refractivity (Wildman–Crippen MR) is 91.5 cm³/mol. The lowest BCUT2D eigenvalue weighted by Crippen LogP contribution is -2.41. The lowest BCUT2D eigenvalue weighted by molar-refractivity contribution is 0.0845. The number of aromatic nitrogens is 1. The van der Waals surface area contributed by atoms with Crippen molar-refractivity contribution in [1.29, 1.82) is 0 Å². The fraction of sp³-hybridized carbons (Fsp3) is 0.0714. The van der Waals surface area contributed by atoms with Crippen molar-refractivity contribution >= 4 is 50.4 Å². The molecule has 6 nitrogen and oxygen atoms in total. The number of halogens is 1. The van der Waals surface area contributed by atoms with Gasteiger partial charge >= 0.3 is 0 Å². The number of hydrogen-bond acceptors (Lipinski definition) is 6. The van der Waals surface area contributed by atoms with Crippen molar-refractivity contribution in [3.63, 3.8) is 0 Å². The minimum atomic E-state index is -0.530. The highest BCUT2D eigenvalue weighted by atomic mass is 79.9. The molecule has 0 aliphatic rings. The van der Waals surface area contributed by atoms with Gasteiger partial charge in [0.2, 0.25) is 5.89 Å². The summed E-state index contributed by atoms with van der Waals surface area (Å²) in [6.45, 7) is 1.65. The Hall–Kier alpha value is -1.97. The van der Waals surface area contributed by atoms with Crippen LogP contribution in [0.15, 0.2) is 37.8 Å². The zero-order valence-corrected chi connectivity index (χ0v) is 15.0. The molecule has 0 fully saturated rings. The van der Waals surface area contributed by atoms with Gasteiger partial charge in [-0.3, -0.25) is 20.4 Å². The predicted octanol–water partition coefficient (Wildman–Crippen LogP) is 3.61. The van der Waals surface area contributed by atoms with Crippen LogP contribution in [-0.2, 0) is 0 Å². The Balaban J connectivity index is 1.68. The maximum absolute atomic E-state index is 12.1. The summed E-state index contributed by atoms with van der Waals surface area (Å²) in [6, 6.07) is 7.15. The molecule has 0 spiro atoms. The van der Waals surface area contributed by atoms with Gasteiger partial charge in [-0.25, -0.2) is 4.98 Å². The number of nitrogens with zero attached hydrogens (tertiary/aromatic N) is 1. The Morgan fingerprint density at radius 1 is 1.22 bits per heavy atom. The Bertz CT molecular complexity index is 855. The van der Waals surface area contributed by atoms with Crippen molar-refractivity contribution in [2.24, 2.45) is 0 Å². The highest BCUT2D eigenvalue weighted by molar-refractivity contribution is 9.11. The fourth-order valence-corrected chi connectivity index (χ4v) is 3.71. The number of nitrogens with one attached hydrogen (secondary N) is 2. The van der Waals surface area contributed by atoms with E-state index in [9.17, 15) is 9.59 Å². The van der Waals surface area contributed by atoms with Crippen molar-refractivity contribution in [2.45, 2.75) is 6.92 Å². The minimum absolute atomic E-state index is 0.140. The number of oxazole rings is 1. The van der Waals surface area contributed by atoms with Gasteiger partial charge in [0, 0.05) is 0 Å². The fourth-order valence-electron chi connectivity index (χ4n) is 1.78. The first kappa shape index (κ1) is 15.9. The van der Waals surface area contributed by atoms with E-state index in [0.29, 0.717) is 16.5 Å². The third-order valence-corrected chi connectivity index (χ3v) is 5.31. The van der Waals surface area contributed by atoms with Gasteiger partial charge in [-0.05, 0) is 46.4 Å². The second kappa shape index (κ2) is 6.65. The zero-order valence-electron chi connectivity index (χ0n) is 11.8. The summed E-state index contributed by atoms with van der Waals surface area (Å²) in [5, 5.41) is 1.90. The highest BCUT2D eigenvalue weighted by Gasteiger charge is 2.19. The van der Waals surface area contributed by atoms with Crippen LogP contribution in [0, 0.1) is 6.92 Å². The van der Waals surface area contributed by atoms with Crippen LogP contribution in [0.25, 0.3) is 10.8 Å². The van der Waals surface area contributed by atoms with Crippen molar-refractivity contribution in [1.82, 2.24) is 15.8 Å². The van der Waals surface area contributed by atoms with Crippen molar-refractivity contribution < 1.29 is 14.0 Å². The van der Waals surface area contributed by atoms with Gasteiger partial charge in [0.15, 0.2) is 5.69 Å². The molecule has 118 valence electrons. The molecule has 0 saturated carbocycles. The van der Waals surface area contributed by atoms with Gasteiger partial charge in [0.05, 0.1) is 13.5 Å². The van der Waals surface area contributed by atoms with Crippen LogP contribution in [0.3, 0.4) is 0 Å². The van der Waals surface area contributed by atoms with Crippen LogP contribution >= 0.6 is 38.6 Å².